The summed E-state index contributed by atoms with van der Waals surface area (Å²) in [6.07, 6.45) is 3.70. The van der Waals surface area contributed by atoms with Crippen molar-refractivity contribution in [2.75, 3.05) is 25.2 Å². The van der Waals surface area contributed by atoms with Gasteiger partial charge in [-0.05, 0) is 38.3 Å². The SMILES string of the molecule is CCC(N)Cc1cccnc1N(CC)C(C)COC. The number of aromatic nitrogens is 1. The van der Waals surface area contributed by atoms with Crippen LogP contribution < -0.4 is 10.6 Å². The highest BCUT2D eigenvalue weighted by Gasteiger charge is 2.17. The highest BCUT2D eigenvalue weighted by Crippen LogP contribution is 2.21. The zero-order valence-corrected chi connectivity index (χ0v) is 12.6. The van der Waals surface area contributed by atoms with Gasteiger partial charge in [-0.3, -0.25) is 0 Å². The zero-order chi connectivity index (χ0) is 14.3. The van der Waals surface area contributed by atoms with Crippen LogP contribution in [0.2, 0.25) is 0 Å². The van der Waals surface area contributed by atoms with Crippen LogP contribution >= 0.6 is 0 Å². The minimum Gasteiger partial charge on any atom is -0.383 e. The van der Waals surface area contributed by atoms with Crippen LogP contribution in [0.15, 0.2) is 18.3 Å². The number of hydrogen-bond donors (Lipinski definition) is 1. The van der Waals surface area contributed by atoms with Gasteiger partial charge in [-0.2, -0.15) is 0 Å². The maximum atomic E-state index is 6.08. The number of ether oxygens (including phenoxy) is 1. The summed E-state index contributed by atoms with van der Waals surface area (Å²) in [7, 11) is 1.73. The summed E-state index contributed by atoms with van der Waals surface area (Å²) in [5.41, 5.74) is 7.30. The largest absolute Gasteiger partial charge is 0.383 e. The van der Waals surface area contributed by atoms with Crippen LogP contribution in [0, 0.1) is 0 Å². The average molecular weight is 265 g/mol. The topological polar surface area (TPSA) is 51.4 Å². The molecule has 0 fully saturated rings. The number of methoxy groups -OCH3 is 1. The molecule has 2 atom stereocenters. The molecule has 19 heavy (non-hydrogen) atoms. The molecule has 0 radical (unpaired) electrons. The first kappa shape index (κ1) is 15.9. The number of anilines is 1. The quantitative estimate of drug-likeness (QED) is 0.783. The second kappa shape index (κ2) is 8.12. The van der Waals surface area contributed by atoms with Crippen molar-refractivity contribution in [3.05, 3.63) is 23.9 Å². The van der Waals surface area contributed by atoms with Crippen molar-refractivity contribution >= 4 is 5.82 Å². The van der Waals surface area contributed by atoms with Gasteiger partial charge in [0.1, 0.15) is 5.82 Å². The van der Waals surface area contributed by atoms with E-state index in [1.807, 2.05) is 12.3 Å². The molecule has 1 aromatic heterocycles. The van der Waals surface area contributed by atoms with Crippen LogP contribution in [0.25, 0.3) is 0 Å². The van der Waals surface area contributed by atoms with Crippen molar-refractivity contribution in [1.29, 1.82) is 0 Å². The van der Waals surface area contributed by atoms with E-state index in [0.717, 1.165) is 25.2 Å². The van der Waals surface area contributed by atoms with Crippen molar-refractivity contribution in [3.8, 4) is 0 Å². The molecule has 0 aliphatic heterocycles. The maximum Gasteiger partial charge on any atom is 0.132 e. The summed E-state index contributed by atoms with van der Waals surface area (Å²) < 4.78 is 5.26. The van der Waals surface area contributed by atoms with Gasteiger partial charge < -0.3 is 15.4 Å². The molecule has 0 saturated carbocycles. The number of hydrogen-bond acceptors (Lipinski definition) is 4. The highest BCUT2D eigenvalue weighted by molar-refractivity contribution is 5.48. The van der Waals surface area contributed by atoms with E-state index in [9.17, 15) is 0 Å². The lowest BCUT2D eigenvalue weighted by atomic mass is 10.0. The predicted octanol–water partition coefficient (Wildman–Crippen LogP) is 2.22. The first-order valence-electron chi connectivity index (χ1n) is 7.09. The van der Waals surface area contributed by atoms with Gasteiger partial charge in [-0.15, -0.1) is 0 Å². The van der Waals surface area contributed by atoms with E-state index in [-0.39, 0.29) is 6.04 Å². The Balaban J connectivity index is 2.96. The fourth-order valence-electron chi connectivity index (χ4n) is 2.28. The van der Waals surface area contributed by atoms with Gasteiger partial charge in [0.05, 0.1) is 12.6 Å². The van der Waals surface area contributed by atoms with Crippen molar-refractivity contribution < 1.29 is 4.74 Å². The Hall–Kier alpha value is -1.13. The van der Waals surface area contributed by atoms with Crippen molar-refractivity contribution in [2.45, 2.75) is 45.7 Å². The van der Waals surface area contributed by atoms with Gasteiger partial charge in [0.15, 0.2) is 0 Å². The normalized spacial score (nSPS) is 14.2. The van der Waals surface area contributed by atoms with Gasteiger partial charge in [0, 0.05) is 25.9 Å². The zero-order valence-electron chi connectivity index (χ0n) is 12.6. The van der Waals surface area contributed by atoms with Gasteiger partial charge in [0.2, 0.25) is 0 Å². The lowest BCUT2D eigenvalue weighted by Gasteiger charge is -2.30. The standard InChI is InChI=1S/C15H27N3O/c1-5-14(16)10-13-8-7-9-17-15(13)18(6-2)12(3)11-19-4/h7-9,12,14H,5-6,10-11,16H2,1-4H3. The van der Waals surface area contributed by atoms with E-state index in [0.29, 0.717) is 12.6 Å². The van der Waals surface area contributed by atoms with Crippen LogP contribution in [0.3, 0.4) is 0 Å². The third kappa shape index (κ3) is 4.48. The Kier molecular flexibility index (Phi) is 6.81. The number of likely N-dealkylation sites (N-methyl/N-ethyl adjacent to an activating group) is 1. The Labute approximate surface area is 117 Å². The van der Waals surface area contributed by atoms with Crippen LogP contribution in [-0.2, 0) is 11.2 Å². The molecule has 2 N–H and O–H groups in total. The first-order chi connectivity index (χ1) is 9.13. The summed E-state index contributed by atoms with van der Waals surface area (Å²) in [5.74, 6) is 1.04. The maximum absolute atomic E-state index is 6.08. The number of pyridine rings is 1. The first-order valence-corrected chi connectivity index (χ1v) is 7.09. The van der Waals surface area contributed by atoms with E-state index in [1.165, 1.54) is 5.56 Å². The van der Waals surface area contributed by atoms with E-state index < -0.39 is 0 Å². The molecule has 0 aromatic carbocycles. The Bertz CT molecular complexity index is 370. The predicted molar refractivity (Wildman–Crippen MR) is 80.6 cm³/mol. The van der Waals surface area contributed by atoms with Crippen molar-refractivity contribution in [1.82, 2.24) is 4.98 Å². The summed E-state index contributed by atoms with van der Waals surface area (Å²) in [5, 5.41) is 0. The molecular weight excluding hydrogens is 238 g/mol. The molecule has 108 valence electrons. The minimum atomic E-state index is 0.194. The molecular formula is C15H27N3O. The molecule has 4 heteroatoms. The molecule has 1 heterocycles. The lowest BCUT2D eigenvalue weighted by molar-refractivity contribution is 0.181. The van der Waals surface area contributed by atoms with Crippen LogP contribution in [0.1, 0.15) is 32.8 Å². The molecule has 0 spiro atoms. The Morgan fingerprint density at radius 3 is 2.74 bits per heavy atom. The van der Waals surface area contributed by atoms with Gasteiger partial charge in [-0.1, -0.05) is 13.0 Å². The van der Waals surface area contributed by atoms with E-state index in [4.69, 9.17) is 10.5 Å². The van der Waals surface area contributed by atoms with Gasteiger partial charge in [-0.25, -0.2) is 4.98 Å². The van der Waals surface area contributed by atoms with Crippen molar-refractivity contribution in [3.63, 3.8) is 0 Å². The molecule has 1 rings (SSSR count). The minimum absolute atomic E-state index is 0.194. The molecule has 0 amide bonds. The van der Waals surface area contributed by atoms with Gasteiger partial charge >= 0.3 is 0 Å². The van der Waals surface area contributed by atoms with Crippen molar-refractivity contribution in [2.24, 2.45) is 5.73 Å². The number of rotatable bonds is 8. The van der Waals surface area contributed by atoms with Crippen LogP contribution in [-0.4, -0.2) is 37.3 Å². The summed E-state index contributed by atoms with van der Waals surface area (Å²) in [6.45, 7) is 8.03. The summed E-state index contributed by atoms with van der Waals surface area (Å²) in [4.78, 5) is 6.83. The van der Waals surface area contributed by atoms with Gasteiger partial charge in [0.25, 0.3) is 0 Å². The fourth-order valence-corrected chi connectivity index (χ4v) is 2.28. The third-order valence-electron chi connectivity index (χ3n) is 3.43. The molecule has 0 aliphatic carbocycles. The molecule has 0 saturated heterocycles. The molecule has 1 aromatic rings. The summed E-state index contributed by atoms with van der Waals surface area (Å²) >= 11 is 0. The second-order valence-electron chi connectivity index (χ2n) is 4.95. The molecule has 0 aliphatic rings. The molecule has 4 nitrogen and oxygen atoms in total. The van der Waals surface area contributed by atoms with Crippen LogP contribution in [0.4, 0.5) is 5.82 Å². The Morgan fingerprint density at radius 1 is 1.42 bits per heavy atom. The Morgan fingerprint density at radius 2 is 2.16 bits per heavy atom. The van der Waals surface area contributed by atoms with E-state index in [1.54, 1.807) is 7.11 Å². The van der Waals surface area contributed by atoms with E-state index >= 15 is 0 Å². The van der Waals surface area contributed by atoms with Crippen LogP contribution in [0.5, 0.6) is 0 Å². The monoisotopic (exact) mass is 265 g/mol. The summed E-state index contributed by atoms with van der Waals surface area (Å²) in [6, 6.07) is 4.61. The fraction of sp³-hybridized carbons (Fsp3) is 0.667. The lowest BCUT2D eigenvalue weighted by Crippen LogP contribution is -2.37. The second-order valence-corrected chi connectivity index (χ2v) is 4.95. The highest BCUT2D eigenvalue weighted by atomic mass is 16.5. The smallest absolute Gasteiger partial charge is 0.132 e. The molecule has 2 unspecified atom stereocenters. The molecule has 0 bridgehead atoms. The number of nitrogens with zero attached hydrogens (tertiary/aromatic N) is 2. The van der Waals surface area contributed by atoms with E-state index in [2.05, 4.69) is 36.7 Å². The average Bonchev–Trinajstić information content (AvgIpc) is 2.41. The number of nitrogens with two attached hydrogens (primary N) is 1. The third-order valence-corrected chi connectivity index (χ3v) is 3.43.